The normalized spacial score (nSPS) is 20.2. The van der Waals surface area contributed by atoms with E-state index in [1.165, 1.54) is 16.7 Å². The number of carboxylic acids is 1. The summed E-state index contributed by atoms with van der Waals surface area (Å²) in [5.41, 5.74) is 0.756. The molecule has 25 heavy (non-hydrogen) atoms. The van der Waals surface area contributed by atoms with Crippen LogP contribution in [0.5, 0.6) is 0 Å². The van der Waals surface area contributed by atoms with E-state index in [2.05, 4.69) is 11.6 Å². The van der Waals surface area contributed by atoms with Crippen molar-refractivity contribution in [3.8, 4) is 0 Å². The SMILES string of the molecule is C=CCN1C(=O)C(C(C)C(=O)O)SC1=Nc1cccc2ccccc12. The molecule has 1 amide bonds. The van der Waals surface area contributed by atoms with Gasteiger partial charge in [-0.25, -0.2) is 4.99 Å². The number of carbonyl (C=O) groups excluding carboxylic acids is 1. The molecule has 2 unspecified atom stereocenters. The molecule has 3 rings (SSSR count). The van der Waals surface area contributed by atoms with Crippen molar-refractivity contribution in [2.24, 2.45) is 10.9 Å². The monoisotopic (exact) mass is 354 g/mol. The van der Waals surface area contributed by atoms with Gasteiger partial charge in [-0.05, 0) is 11.5 Å². The molecule has 0 bridgehead atoms. The lowest BCUT2D eigenvalue weighted by Crippen LogP contribution is -2.36. The molecular weight excluding hydrogens is 336 g/mol. The van der Waals surface area contributed by atoms with E-state index in [1.807, 2.05) is 42.5 Å². The molecule has 5 nitrogen and oxygen atoms in total. The fraction of sp³-hybridized carbons (Fsp3) is 0.211. The van der Waals surface area contributed by atoms with Crippen LogP contribution in [0, 0.1) is 5.92 Å². The van der Waals surface area contributed by atoms with Gasteiger partial charge in [-0.1, -0.05) is 61.2 Å². The van der Waals surface area contributed by atoms with E-state index in [1.54, 1.807) is 13.0 Å². The van der Waals surface area contributed by atoms with Crippen molar-refractivity contribution in [3.05, 3.63) is 55.1 Å². The van der Waals surface area contributed by atoms with Gasteiger partial charge in [-0.15, -0.1) is 6.58 Å². The molecular formula is C19H18N2O3S. The van der Waals surface area contributed by atoms with Gasteiger partial charge >= 0.3 is 5.97 Å². The number of amides is 1. The van der Waals surface area contributed by atoms with Crippen LogP contribution >= 0.6 is 11.8 Å². The zero-order valence-electron chi connectivity index (χ0n) is 13.8. The Balaban J connectivity index is 2.03. The highest BCUT2D eigenvalue weighted by Crippen LogP contribution is 2.35. The van der Waals surface area contributed by atoms with Gasteiger partial charge in [0.05, 0.1) is 11.6 Å². The first kappa shape index (κ1) is 17.2. The van der Waals surface area contributed by atoms with Crippen LogP contribution in [-0.2, 0) is 9.59 Å². The number of fused-ring (bicyclic) bond motifs is 1. The van der Waals surface area contributed by atoms with Crippen molar-refractivity contribution in [2.75, 3.05) is 6.54 Å². The van der Waals surface area contributed by atoms with Gasteiger partial charge in [0.25, 0.3) is 0 Å². The third kappa shape index (κ3) is 3.30. The van der Waals surface area contributed by atoms with Crippen molar-refractivity contribution >= 4 is 45.3 Å². The largest absolute Gasteiger partial charge is 0.481 e. The third-order valence-corrected chi connectivity index (χ3v) is 5.50. The Bertz CT molecular complexity index is 873. The van der Waals surface area contributed by atoms with E-state index in [-0.39, 0.29) is 5.91 Å². The van der Waals surface area contributed by atoms with Crippen LogP contribution in [0.3, 0.4) is 0 Å². The molecule has 2 aromatic carbocycles. The molecule has 0 spiro atoms. The maximum atomic E-state index is 12.6. The molecule has 0 saturated carbocycles. The molecule has 0 aliphatic carbocycles. The number of hydrogen-bond donors (Lipinski definition) is 1. The quantitative estimate of drug-likeness (QED) is 0.832. The number of benzene rings is 2. The summed E-state index contributed by atoms with van der Waals surface area (Å²) in [4.78, 5) is 30.1. The molecule has 1 heterocycles. The molecule has 0 radical (unpaired) electrons. The summed E-state index contributed by atoms with van der Waals surface area (Å²) in [6, 6.07) is 13.7. The Kier molecular flexibility index (Phi) is 4.90. The minimum absolute atomic E-state index is 0.237. The van der Waals surface area contributed by atoms with E-state index < -0.39 is 17.1 Å². The first-order chi connectivity index (χ1) is 12.0. The van der Waals surface area contributed by atoms with Crippen LogP contribution in [0.1, 0.15) is 6.92 Å². The predicted molar refractivity (Wildman–Crippen MR) is 101 cm³/mol. The zero-order valence-corrected chi connectivity index (χ0v) is 14.6. The molecule has 2 atom stereocenters. The van der Waals surface area contributed by atoms with Crippen LogP contribution in [0.4, 0.5) is 5.69 Å². The average Bonchev–Trinajstić information content (AvgIpc) is 2.91. The number of thioether (sulfide) groups is 1. The van der Waals surface area contributed by atoms with Crippen LogP contribution in [0.15, 0.2) is 60.1 Å². The predicted octanol–water partition coefficient (Wildman–Crippen LogP) is 3.68. The van der Waals surface area contributed by atoms with Crippen molar-refractivity contribution in [2.45, 2.75) is 12.2 Å². The summed E-state index contributed by atoms with van der Waals surface area (Å²) in [6.07, 6.45) is 1.62. The Morgan fingerprint density at radius 3 is 2.80 bits per heavy atom. The summed E-state index contributed by atoms with van der Waals surface area (Å²) >= 11 is 1.20. The lowest BCUT2D eigenvalue weighted by molar-refractivity contribution is -0.143. The van der Waals surface area contributed by atoms with Gasteiger partial charge in [0.15, 0.2) is 5.17 Å². The van der Waals surface area contributed by atoms with Gasteiger partial charge < -0.3 is 5.11 Å². The first-order valence-corrected chi connectivity index (χ1v) is 8.79. The molecule has 1 fully saturated rings. The second-order valence-corrected chi connectivity index (χ2v) is 6.90. The number of aliphatic carboxylic acids is 1. The standard InChI is InChI=1S/C19H18N2O3S/c1-3-11-21-17(22)16(12(2)18(23)24)25-19(21)20-15-10-6-8-13-7-4-5-9-14(13)15/h3-10,12,16H,1,11H2,2H3,(H,23,24). The third-order valence-electron chi connectivity index (χ3n) is 4.11. The number of amidine groups is 1. The number of carboxylic acid groups (broad SMARTS) is 1. The fourth-order valence-electron chi connectivity index (χ4n) is 2.71. The van der Waals surface area contributed by atoms with Gasteiger partial charge in [-0.2, -0.15) is 0 Å². The van der Waals surface area contributed by atoms with Crippen LogP contribution in [-0.4, -0.2) is 38.8 Å². The second kappa shape index (κ2) is 7.11. The Morgan fingerprint density at radius 2 is 2.08 bits per heavy atom. The Labute approximate surface area is 150 Å². The lowest BCUT2D eigenvalue weighted by atomic mass is 10.1. The summed E-state index contributed by atoms with van der Waals surface area (Å²) in [5.74, 6) is -2.01. The molecule has 1 N–H and O–H groups in total. The topological polar surface area (TPSA) is 70.0 Å². The molecule has 6 heteroatoms. The van der Waals surface area contributed by atoms with Gasteiger partial charge in [0, 0.05) is 11.9 Å². The second-order valence-electron chi connectivity index (χ2n) is 5.80. The molecule has 128 valence electrons. The summed E-state index contributed by atoms with van der Waals surface area (Å²) < 4.78 is 0. The number of hydrogen-bond acceptors (Lipinski definition) is 4. The van der Waals surface area contributed by atoms with E-state index in [0.29, 0.717) is 11.7 Å². The van der Waals surface area contributed by atoms with Crippen LogP contribution < -0.4 is 0 Å². The molecule has 1 saturated heterocycles. The summed E-state index contributed by atoms with van der Waals surface area (Å²) in [7, 11) is 0. The number of nitrogens with zero attached hydrogens (tertiary/aromatic N) is 2. The van der Waals surface area contributed by atoms with E-state index in [0.717, 1.165) is 16.5 Å². The number of rotatable bonds is 5. The molecule has 0 aromatic heterocycles. The minimum atomic E-state index is -0.990. The molecule has 2 aromatic rings. The van der Waals surface area contributed by atoms with Crippen molar-refractivity contribution in [3.63, 3.8) is 0 Å². The van der Waals surface area contributed by atoms with Crippen molar-refractivity contribution in [1.82, 2.24) is 4.90 Å². The zero-order chi connectivity index (χ0) is 18.0. The van der Waals surface area contributed by atoms with Gasteiger partial charge in [-0.3, -0.25) is 14.5 Å². The molecule has 1 aliphatic heterocycles. The van der Waals surface area contributed by atoms with E-state index in [9.17, 15) is 14.7 Å². The van der Waals surface area contributed by atoms with Crippen molar-refractivity contribution in [1.29, 1.82) is 0 Å². The highest BCUT2D eigenvalue weighted by molar-refractivity contribution is 8.15. The maximum absolute atomic E-state index is 12.6. The first-order valence-electron chi connectivity index (χ1n) is 7.91. The maximum Gasteiger partial charge on any atom is 0.307 e. The smallest absolute Gasteiger partial charge is 0.307 e. The highest BCUT2D eigenvalue weighted by Gasteiger charge is 2.43. The Hall–Kier alpha value is -2.60. The number of aliphatic imine (C=N–C) groups is 1. The molecule has 1 aliphatic rings. The lowest BCUT2D eigenvalue weighted by Gasteiger charge is -2.15. The van der Waals surface area contributed by atoms with Gasteiger partial charge in [0.1, 0.15) is 5.25 Å². The number of carbonyl (C=O) groups is 2. The minimum Gasteiger partial charge on any atom is -0.481 e. The summed E-state index contributed by atoms with van der Waals surface area (Å²) in [6.45, 7) is 5.53. The fourth-order valence-corrected chi connectivity index (χ4v) is 3.93. The highest BCUT2D eigenvalue weighted by atomic mass is 32.2. The van der Waals surface area contributed by atoms with Crippen molar-refractivity contribution < 1.29 is 14.7 Å². The van der Waals surface area contributed by atoms with E-state index >= 15 is 0 Å². The van der Waals surface area contributed by atoms with Gasteiger partial charge in [0.2, 0.25) is 5.91 Å². The summed E-state index contributed by atoms with van der Waals surface area (Å²) in [5, 5.41) is 11.1. The average molecular weight is 354 g/mol. The van der Waals surface area contributed by atoms with Crippen LogP contribution in [0.2, 0.25) is 0 Å². The van der Waals surface area contributed by atoms with E-state index in [4.69, 9.17) is 0 Å². The Morgan fingerprint density at radius 1 is 1.36 bits per heavy atom. The van der Waals surface area contributed by atoms with Crippen LogP contribution in [0.25, 0.3) is 10.8 Å².